The Labute approximate surface area is 241 Å². The molecule has 5 aromatic rings. The number of rotatable bonds is 5. The first-order valence-electron chi connectivity index (χ1n) is 14.0. The Morgan fingerprint density at radius 1 is 1.05 bits per heavy atom. The van der Waals surface area contributed by atoms with E-state index in [2.05, 4.69) is 32.8 Å². The molecular formula is C29H31N9O2S. The van der Waals surface area contributed by atoms with Crippen molar-refractivity contribution in [1.29, 1.82) is 0 Å². The van der Waals surface area contributed by atoms with E-state index in [1.54, 1.807) is 30.8 Å². The van der Waals surface area contributed by atoms with Crippen LogP contribution < -0.4 is 14.5 Å². The predicted molar refractivity (Wildman–Crippen MR) is 160 cm³/mol. The van der Waals surface area contributed by atoms with Crippen molar-refractivity contribution in [2.45, 2.75) is 25.4 Å². The summed E-state index contributed by atoms with van der Waals surface area (Å²) in [6.07, 6.45) is 6.59. The van der Waals surface area contributed by atoms with Crippen LogP contribution in [0.3, 0.4) is 0 Å². The molecule has 2 bridgehead atoms. The van der Waals surface area contributed by atoms with Gasteiger partial charge in [0.15, 0.2) is 16.8 Å². The number of ether oxygens (including phenoxy) is 2. The molecule has 0 saturated carbocycles. The second-order valence-electron chi connectivity index (χ2n) is 11.0. The maximum Gasteiger partial charge on any atom is 0.186 e. The lowest BCUT2D eigenvalue weighted by atomic mass is 10.1. The topological polar surface area (TPSA) is 97.6 Å². The number of methoxy groups -OCH3 is 1. The largest absolute Gasteiger partial charge is 0.496 e. The molecule has 3 saturated heterocycles. The first-order valence-corrected chi connectivity index (χ1v) is 14.8. The molecule has 0 N–H and O–H groups in total. The molecule has 1 unspecified atom stereocenters. The number of aryl methyl sites for hydroxylation is 1. The summed E-state index contributed by atoms with van der Waals surface area (Å²) >= 11 is 1.76. The highest BCUT2D eigenvalue weighted by molar-refractivity contribution is 7.22. The number of likely N-dealkylation sites (tertiary alicyclic amines) is 1. The minimum Gasteiger partial charge on any atom is -0.496 e. The second kappa shape index (κ2) is 9.61. The summed E-state index contributed by atoms with van der Waals surface area (Å²) in [5, 5.41) is 6.88. The fourth-order valence-electron chi connectivity index (χ4n) is 6.47. The minimum absolute atomic E-state index is 0.526. The van der Waals surface area contributed by atoms with Crippen LogP contribution in [0.5, 0.6) is 5.75 Å². The predicted octanol–water partition coefficient (Wildman–Crippen LogP) is 3.53. The Bertz CT molecular complexity index is 1780. The standard InChI is InChI=1S/C29H31N9O2S/c1-17-20-14-31-38(23(20)11-22(32-17)21-13-30-5-4-24(21)39-3)26-12-25-27(28(33-26)36-6-8-40-9-7-36)34-29(41-25)37-16-18-10-19(37)15-35(18)2/h4-5,11-14,18-19H,6-10,15-16H2,1-3H3/t18-,19?/m1/s1. The summed E-state index contributed by atoms with van der Waals surface area (Å²) in [4.78, 5) is 26.9. The van der Waals surface area contributed by atoms with Gasteiger partial charge in [0.05, 0.1) is 48.0 Å². The number of fused-ring (bicyclic) bond motifs is 4. The molecule has 3 aliphatic rings. The number of hydrogen-bond donors (Lipinski definition) is 0. The molecule has 2 atom stereocenters. The highest BCUT2D eigenvalue weighted by atomic mass is 32.1. The lowest BCUT2D eigenvalue weighted by Crippen LogP contribution is -2.44. The summed E-state index contributed by atoms with van der Waals surface area (Å²) in [6, 6.07) is 7.17. The lowest BCUT2D eigenvalue weighted by molar-refractivity contribution is 0.122. The van der Waals surface area contributed by atoms with Crippen LogP contribution in [0.15, 0.2) is 36.8 Å². The second-order valence-corrected chi connectivity index (χ2v) is 12.0. The van der Waals surface area contributed by atoms with Crippen LogP contribution in [-0.2, 0) is 4.74 Å². The van der Waals surface area contributed by atoms with E-state index in [0.29, 0.717) is 25.3 Å². The van der Waals surface area contributed by atoms with Gasteiger partial charge in [-0.3, -0.25) is 14.9 Å². The summed E-state index contributed by atoms with van der Waals surface area (Å²) in [5.74, 6) is 2.39. The third-order valence-corrected chi connectivity index (χ3v) is 9.70. The van der Waals surface area contributed by atoms with Crippen molar-refractivity contribution in [3.8, 4) is 22.8 Å². The molecule has 12 heteroatoms. The lowest BCUT2D eigenvalue weighted by Gasteiger charge is -2.31. The Balaban J connectivity index is 1.28. The van der Waals surface area contributed by atoms with Crippen molar-refractivity contribution in [1.82, 2.24) is 34.6 Å². The molecule has 0 spiro atoms. The Kier molecular flexibility index (Phi) is 5.83. The average Bonchev–Trinajstić information content (AvgIpc) is 3.79. The van der Waals surface area contributed by atoms with E-state index < -0.39 is 0 Å². The molecule has 41 heavy (non-hydrogen) atoms. The third kappa shape index (κ3) is 4.03. The molecular weight excluding hydrogens is 538 g/mol. The van der Waals surface area contributed by atoms with Gasteiger partial charge in [-0.25, -0.2) is 14.6 Å². The number of piperazine rings is 1. The van der Waals surface area contributed by atoms with Crippen molar-refractivity contribution < 1.29 is 9.47 Å². The maximum absolute atomic E-state index is 5.67. The van der Waals surface area contributed by atoms with E-state index in [1.807, 2.05) is 29.9 Å². The molecule has 8 heterocycles. The van der Waals surface area contributed by atoms with Crippen LogP contribution in [0.2, 0.25) is 0 Å². The fourth-order valence-corrected chi connectivity index (χ4v) is 7.54. The van der Waals surface area contributed by atoms with Gasteiger partial charge in [0.1, 0.15) is 11.3 Å². The van der Waals surface area contributed by atoms with Crippen LogP contribution in [0.4, 0.5) is 10.9 Å². The van der Waals surface area contributed by atoms with Gasteiger partial charge in [-0.1, -0.05) is 11.3 Å². The number of likely N-dealkylation sites (N-methyl/N-ethyl adjacent to an activating group) is 1. The third-order valence-electron chi connectivity index (χ3n) is 8.66. The SMILES string of the molecule is COc1ccncc1-c1cc2c(cnn2-c2cc3sc(N4C[C@H]5CC4CN5C)nc3c(N3CCOCC3)n2)c(C)n1. The summed E-state index contributed by atoms with van der Waals surface area (Å²) in [7, 11) is 3.89. The minimum atomic E-state index is 0.526. The van der Waals surface area contributed by atoms with E-state index in [-0.39, 0.29) is 0 Å². The van der Waals surface area contributed by atoms with E-state index in [1.165, 1.54) is 6.42 Å². The molecule has 3 aliphatic heterocycles. The number of hydrogen-bond acceptors (Lipinski definition) is 11. The number of morpholine rings is 1. The molecule has 3 fully saturated rings. The summed E-state index contributed by atoms with van der Waals surface area (Å²) in [6.45, 7) is 7.06. The van der Waals surface area contributed by atoms with Gasteiger partial charge in [0.2, 0.25) is 0 Å². The fraction of sp³-hybridized carbons (Fsp3) is 0.414. The van der Waals surface area contributed by atoms with Gasteiger partial charge in [-0.15, -0.1) is 0 Å². The van der Waals surface area contributed by atoms with Crippen LogP contribution >= 0.6 is 11.3 Å². The van der Waals surface area contributed by atoms with Gasteiger partial charge in [-0.05, 0) is 32.5 Å². The number of pyridine rings is 3. The zero-order valence-corrected chi connectivity index (χ0v) is 24.1. The molecule has 8 rings (SSSR count). The quantitative estimate of drug-likeness (QED) is 0.313. The molecule has 0 amide bonds. The van der Waals surface area contributed by atoms with Crippen molar-refractivity contribution in [3.05, 3.63) is 42.5 Å². The van der Waals surface area contributed by atoms with E-state index in [4.69, 9.17) is 29.5 Å². The first-order chi connectivity index (χ1) is 20.1. The molecule has 0 aromatic carbocycles. The Hall–Kier alpha value is -3.87. The molecule has 11 nitrogen and oxygen atoms in total. The van der Waals surface area contributed by atoms with E-state index >= 15 is 0 Å². The van der Waals surface area contributed by atoms with Gasteiger partial charge < -0.3 is 19.3 Å². The van der Waals surface area contributed by atoms with E-state index in [0.717, 1.165) is 86.8 Å². The molecule has 0 radical (unpaired) electrons. The Morgan fingerprint density at radius 2 is 1.93 bits per heavy atom. The first kappa shape index (κ1) is 24.9. The zero-order valence-electron chi connectivity index (χ0n) is 23.3. The smallest absolute Gasteiger partial charge is 0.186 e. The van der Waals surface area contributed by atoms with E-state index in [9.17, 15) is 0 Å². The maximum atomic E-state index is 5.67. The van der Waals surface area contributed by atoms with Crippen LogP contribution in [0, 0.1) is 6.92 Å². The van der Waals surface area contributed by atoms with Crippen LogP contribution in [0.1, 0.15) is 12.1 Å². The normalized spacial score (nSPS) is 21.0. The van der Waals surface area contributed by atoms with Crippen LogP contribution in [0.25, 0.3) is 38.2 Å². The van der Waals surface area contributed by atoms with Crippen molar-refractivity contribution in [2.75, 3.05) is 63.4 Å². The van der Waals surface area contributed by atoms with Gasteiger partial charge in [0.25, 0.3) is 0 Å². The monoisotopic (exact) mass is 569 g/mol. The molecule has 0 aliphatic carbocycles. The van der Waals surface area contributed by atoms with Crippen LogP contribution in [-0.4, -0.2) is 100 Å². The van der Waals surface area contributed by atoms with Gasteiger partial charge in [0, 0.05) is 67.8 Å². The molecule has 5 aromatic heterocycles. The number of anilines is 2. The average molecular weight is 570 g/mol. The molecule has 210 valence electrons. The Morgan fingerprint density at radius 3 is 2.71 bits per heavy atom. The van der Waals surface area contributed by atoms with Gasteiger partial charge in [-0.2, -0.15) is 5.10 Å². The highest BCUT2D eigenvalue weighted by Gasteiger charge is 2.42. The summed E-state index contributed by atoms with van der Waals surface area (Å²) < 4.78 is 14.3. The van der Waals surface area contributed by atoms with Crippen molar-refractivity contribution in [3.63, 3.8) is 0 Å². The zero-order chi connectivity index (χ0) is 27.7. The van der Waals surface area contributed by atoms with Crippen molar-refractivity contribution >= 4 is 43.4 Å². The van der Waals surface area contributed by atoms with Gasteiger partial charge >= 0.3 is 0 Å². The number of nitrogens with zero attached hydrogens (tertiary/aromatic N) is 9. The number of aromatic nitrogens is 6. The number of thiazole rings is 1. The highest BCUT2D eigenvalue weighted by Crippen LogP contribution is 2.41. The summed E-state index contributed by atoms with van der Waals surface area (Å²) in [5.41, 5.74) is 4.40. The van der Waals surface area contributed by atoms with Crippen molar-refractivity contribution in [2.24, 2.45) is 0 Å².